The Kier molecular flexibility index (Phi) is 3.39. The van der Waals surface area contributed by atoms with Crippen LogP contribution < -0.4 is 5.73 Å². The van der Waals surface area contributed by atoms with Crippen LogP contribution in [0.25, 0.3) is 0 Å². The van der Waals surface area contributed by atoms with Crippen molar-refractivity contribution >= 4 is 0 Å². The van der Waals surface area contributed by atoms with E-state index in [9.17, 15) is 0 Å². The largest absolute Gasteiger partial charge is 0.380 e. The van der Waals surface area contributed by atoms with E-state index in [0.29, 0.717) is 12.5 Å². The van der Waals surface area contributed by atoms with Gasteiger partial charge >= 0.3 is 0 Å². The molecule has 0 saturated carbocycles. The van der Waals surface area contributed by atoms with Crippen LogP contribution in [0.5, 0.6) is 0 Å². The molecule has 0 fully saturated rings. The van der Waals surface area contributed by atoms with Gasteiger partial charge < -0.3 is 10.5 Å². The number of ether oxygens (including phenoxy) is 1. The van der Waals surface area contributed by atoms with Crippen molar-refractivity contribution < 1.29 is 4.74 Å². The van der Waals surface area contributed by atoms with Crippen LogP contribution in [-0.2, 0) is 11.2 Å². The Bertz CT molecular complexity index is 324. The Morgan fingerprint density at radius 2 is 2.27 bits per heavy atom. The number of benzene rings is 1. The molecule has 2 unspecified atom stereocenters. The van der Waals surface area contributed by atoms with Gasteiger partial charge in [-0.25, -0.2) is 0 Å². The molecule has 1 aromatic rings. The molecule has 0 heterocycles. The number of rotatable bonds is 5. The molecule has 15 heavy (non-hydrogen) atoms. The summed E-state index contributed by atoms with van der Waals surface area (Å²) in [5.74, 6) is 0.664. The summed E-state index contributed by atoms with van der Waals surface area (Å²) in [7, 11) is 0. The third-order valence-corrected chi connectivity index (χ3v) is 3.08. The molecule has 1 aliphatic rings. The standard InChI is InChI=1S/C13H19NO/c1-2-15-9-12(14)8-11-7-10-5-3-4-6-13(10)11/h3-6,11-12H,2,7-9,14H2,1H3. The summed E-state index contributed by atoms with van der Waals surface area (Å²) in [6, 6.07) is 8.83. The van der Waals surface area contributed by atoms with E-state index in [1.165, 1.54) is 17.5 Å². The molecule has 1 aromatic carbocycles. The van der Waals surface area contributed by atoms with E-state index in [0.717, 1.165) is 13.0 Å². The van der Waals surface area contributed by atoms with Gasteiger partial charge in [0.25, 0.3) is 0 Å². The van der Waals surface area contributed by atoms with E-state index in [1.807, 2.05) is 6.92 Å². The van der Waals surface area contributed by atoms with Crippen molar-refractivity contribution in [1.29, 1.82) is 0 Å². The molecule has 2 rings (SSSR count). The highest BCUT2D eigenvalue weighted by molar-refractivity contribution is 5.39. The fourth-order valence-electron chi connectivity index (χ4n) is 2.28. The smallest absolute Gasteiger partial charge is 0.0617 e. The molecule has 0 amide bonds. The Balaban J connectivity index is 1.84. The maximum Gasteiger partial charge on any atom is 0.0617 e. The molecule has 0 bridgehead atoms. The van der Waals surface area contributed by atoms with Crippen molar-refractivity contribution in [2.45, 2.75) is 31.7 Å². The molecule has 0 radical (unpaired) electrons. The van der Waals surface area contributed by atoms with Gasteiger partial charge in [0.1, 0.15) is 0 Å². The first-order valence-corrected chi connectivity index (χ1v) is 5.72. The Morgan fingerprint density at radius 3 is 3.00 bits per heavy atom. The van der Waals surface area contributed by atoms with Gasteiger partial charge in [0.2, 0.25) is 0 Å². The number of nitrogens with two attached hydrogens (primary N) is 1. The van der Waals surface area contributed by atoms with Crippen LogP contribution in [0.15, 0.2) is 24.3 Å². The first-order chi connectivity index (χ1) is 7.31. The number of hydrogen-bond acceptors (Lipinski definition) is 2. The molecular formula is C13H19NO. The monoisotopic (exact) mass is 205 g/mol. The fourth-order valence-corrected chi connectivity index (χ4v) is 2.28. The van der Waals surface area contributed by atoms with E-state index in [2.05, 4.69) is 24.3 Å². The van der Waals surface area contributed by atoms with Crippen molar-refractivity contribution in [3.63, 3.8) is 0 Å². The van der Waals surface area contributed by atoms with Gasteiger partial charge in [-0.05, 0) is 36.8 Å². The maximum absolute atomic E-state index is 6.00. The molecule has 1 aliphatic carbocycles. The maximum atomic E-state index is 6.00. The van der Waals surface area contributed by atoms with E-state index < -0.39 is 0 Å². The zero-order valence-electron chi connectivity index (χ0n) is 9.28. The van der Waals surface area contributed by atoms with Gasteiger partial charge in [-0.2, -0.15) is 0 Å². The average molecular weight is 205 g/mol. The summed E-state index contributed by atoms with van der Waals surface area (Å²) in [4.78, 5) is 0. The topological polar surface area (TPSA) is 35.2 Å². The van der Waals surface area contributed by atoms with Crippen LogP contribution in [-0.4, -0.2) is 19.3 Å². The summed E-state index contributed by atoms with van der Waals surface area (Å²) in [5.41, 5.74) is 8.98. The minimum absolute atomic E-state index is 0.184. The highest BCUT2D eigenvalue weighted by atomic mass is 16.5. The molecule has 82 valence electrons. The van der Waals surface area contributed by atoms with E-state index in [4.69, 9.17) is 10.5 Å². The second-order valence-electron chi connectivity index (χ2n) is 4.26. The first kappa shape index (κ1) is 10.7. The molecule has 0 aromatic heterocycles. The summed E-state index contributed by atoms with van der Waals surface area (Å²) in [5, 5.41) is 0. The summed E-state index contributed by atoms with van der Waals surface area (Å²) in [6.07, 6.45) is 2.24. The SMILES string of the molecule is CCOCC(N)CC1Cc2ccccc21. The summed E-state index contributed by atoms with van der Waals surface area (Å²) >= 11 is 0. The highest BCUT2D eigenvalue weighted by Crippen LogP contribution is 2.37. The first-order valence-electron chi connectivity index (χ1n) is 5.72. The van der Waals surface area contributed by atoms with Crippen molar-refractivity contribution in [3.8, 4) is 0 Å². The molecule has 0 spiro atoms. The molecule has 0 aliphatic heterocycles. The normalized spacial score (nSPS) is 20.5. The lowest BCUT2D eigenvalue weighted by Gasteiger charge is -2.31. The van der Waals surface area contributed by atoms with Gasteiger partial charge in [-0.15, -0.1) is 0 Å². The molecular weight excluding hydrogens is 186 g/mol. The minimum Gasteiger partial charge on any atom is -0.380 e. The van der Waals surface area contributed by atoms with Crippen LogP contribution >= 0.6 is 0 Å². The van der Waals surface area contributed by atoms with Crippen molar-refractivity contribution in [1.82, 2.24) is 0 Å². The van der Waals surface area contributed by atoms with Crippen LogP contribution in [0, 0.1) is 0 Å². The van der Waals surface area contributed by atoms with Gasteiger partial charge in [0.15, 0.2) is 0 Å². The molecule has 2 atom stereocenters. The fraction of sp³-hybridized carbons (Fsp3) is 0.538. The van der Waals surface area contributed by atoms with E-state index in [-0.39, 0.29) is 6.04 Å². The third kappa shape index (κ3) is 2.39. The van der Waals surface area contributed by atoms with Crippen LogP contribution in [0.4, 0.5) is 0 Å². The quantitative estimate of drug-likeness (QED) is 0.798. The van der Waals surface area contributed by atoms with Gasteiger partial charge in [0.05, 0.1) is 6.61 Å². The van der Waals surface area contributed by atoms with E-state index >= 15 is 0 Å². The predicted octanol–water partition coefficient (Wildman–Crippen LogP) is 2.08. The predicted molar refractivity (Wildman–Crippen MR) is 62.0 cm³/mol. The highest BCUT2D eigenvalue weighted by Gasteiger charge is 2.26. The molecule has 2 heteroatoms. The second-order valence-corrected chi connectivity index (χ2v) is 4.26. The zero-order chi connectivity index (χ0) is 10.7. The van der Waals surface area contributed by atoms with Gasteiger partial charge in [0, 0.05) is 12.6 Å². The Morgan fingerprint density at radius 1 is 1.47 bits per heavy atom. The van der Waals surface area contributed by atoms with Crippen molar-refractivity contribution in [3.05, 3.63) is 35.4 Å². The lowest BCUT2D eigenvalue weighted by Crippen LogP contribution is -2.31. The summed E-state index contributed by atoms with van der Waals surface area (Å²) in [6.45, 7) is 3.45. The Labute approximate surface area is 91.4 Å². The number of hydrogen-bond donors (Lipinski definition) is 1. The average Bonchev–Trinajstić information content (AvgIpc) is 2.23. The molecule has 2 nitrogen and oxygen atoms in total. The van der Waals surface area contributed by atoms with Crippen molar-refractivity contribution in [2.24, 2.45) is 5.73 Å². The minimum atomic E-state index is 0.184. The van der Waals surface area contributed by atoms with Crippen molar-refractivity contribution in [2.75, 3.05) is 13.2 Å². The van der Waals surface area contributed by atoms with Crippen LogP contribution in [0.2, 0.25) is 0 Å². The molecule has 2 N–H and O–H groups in total. The third-order valence-electron chi connectivity index (χ3n) is 3.08. The van der Waals surface area contributed by atoms with Gasteiger partial charge in [-0.1, -0.05) is 24.3 Å². The summed E-state index contributed by atoms with van der Waals surface area (Å²) < 4.78 is 5.33. The lowest BCUT2D eigenvalue weighted by atomic mass is 9.74. The second kappa shape index (κ2) is 4.77. The van der Waals surface area contributed by atoms with E-state index in [1.54, 1.807) is 0 Å². The van der Waals surface area contributed by atoms with Gasteiger partial charge in [-0.3, -0.25) is 0 Å². The molecule has 0 saturated heterocycles. The van der Waals surface area contributed by atoms with Crippen LogP contribution in [0.3, 0.4) is 0 Å². The number of fused-ring (bicyclic) bond motifs is 1. The lowest BCUT2D eigenvalue weighted by molar-refractivity contribution is 0.128. The zero-order valence-corrected chi connectivity index (χ0v) is 9.28. The Hall–Kier alpha value is -0.860. The van der Waals surface area contributed by atoms with Crippen LogP contribution in [0.1, 0.15) is 30.4 Å².